The first-order valence-electron chi connectivity index (χ1n) is 6.27. The van der Waals surface area contributed by atoms with Gasteiger partial charge < -0.3 is 14.8 Å². The van der Waals surface area contributed by atoms with Gasteiger partial charge in [0.1, 0.15) is 10.6 Å². The van der Waals surface area contributed by atoms with E-state index < -0.39 is 16.1 Å². The maximum Gasteiger partial charge on any atom is 0.244 e. The molecule has 0 bridgehead atoms. The van der Waals surface area contributed by atoms with Crippen LogP contribution in [0.1, 0.15) is 13.8 Å². The molecule has 0 aromatic heterocycles. The van der Waals surface area contributed by atoms with E-state index in [9.17, 15) is 13.2 Å². The smallest absolute Gasteiger partial charge is 0.244 e. The zero-order valence-corrected chi connectivity index (χ0v) is 13.3. The van der Waals surface area contributed by atoms with Gasteiger partial charge in [0.2, 0.25) is 15.9 Å². The zero-order valence-electron chi connectivity index (χ0n) is 12.5. The molecule has 7 nitrogen and oxygen atoms in total. The molecule has 0 aliphatic heterocycles. The number of rotatable bonds is 7. The molecule has 0 aliphatic rings. The summed E-state index contributed by atoms with van der Waals surface area (Å²) in [4.78, 5) is 11.0. The molecule has 0 saturated heterocycles. The first kappa shape index (κ1) is 17.4. The minimum atomic E-state index is -3.79. The summed E-state index contributed by atoms with van der Waals surface area (Å²) < 4.78 is 37.2. The Labute approximate surface area is 124 Å². The number of anilines is 1. The molecule has 1 amide bonds. The summed E-state index contributed by atoms with van der Waals surface area (Å²) in [6.07, 6.45) is 0. The molecule has 0 spiro atoms. The molecule has 0 unspecified atom stereocenters. The van der Waals surface area contributed by atoms with Crippen LogP contribution in [0.15, 0.2) is 23.1 Å². The molecule has 21 heavy (non-hydrogen) atoms. The lowest BCUT2D eigenvalue weighted by molar-refractivity contribution is -0.114. The summed E-state index contributed by atoms with van der Waals surface area (Å²) in [5.41, 5.74) is 0.378. The number of amides is 1. The third-order valence-electron chi connectivity index (χ3n) is 2.55. The first-order valence-corrected chi connectivity index (χ1v) is 7.75. The number of sulfonamides is 1. The van der Waals surface area contributed by atoms with Crippen molar-refractivity contribution in [3.05, 3.63) is 18.2 Å². The molecule has 8 heteroatoms. The van der Waals surface area contributed by atoms with Crippen molar-refractivity contribution in [2.45, 2.75) is 24.8 Å². The summed E-state index contributed by atoms with van der Waals surface area (Å²) in [5.74, 6) is -0.0922. The first-order chi connectivity index (χ1) is 9.80. The van der Waals surface area contributed by atoms with Crippen LogP contribution in [0.2, 0.25) is 0 Å². The summed E-state index contributed by atoms with van der Waals surface area (Å²) in [6.45, 7) is 3.27. The summed E-state index contributed by atoms with van der Waals surface area (Å²) in [5, 5.41) is 2.54. The Kier molecular flexibility index (Phi) is 6.13. The van der Waals surface area contributed by atoms with E-state index in [1.165, 1.54) is 33.3 Å². The van der Waals surface area contributed by atoms with Crippen molar-refractivity contribution in [2.24, 2.45) is 0 Å². The Balaban J connectivity index is 3.15. The lowest BCUT2D eigenvalue weighted by Crippen LogP contribution is -2.35. The van der Waals surface area contributed by atoms with Crippen LogP contribution in [0.5, 0.6) is 5.75 Å². The lowest BCUT2D eigenvalue weighted by Gasteiger charge is -2.16. The van der Waals surface area contributed by atoms with Gasteiger partial charge in [0.05, 0.1) is 13.7 Å². The third kappa shape index (κ3) is 5.00. The minimum Gasteiger partial charge on any atom is -0.495 e. The van der Waals surface area contributed by atoms with Gasteiger partial charge in [-0.25, -0.2) is 13.1 Å². The van der Waals surface area contributed by atoms with Crippen molar-refractivity contribution in [1.29, 1.82) is 0 Å². The number of carbonyl (C=O) groups is 1. The van der Waals surface area contributed by atoms with E-state index >= 15 is 0 Å². The number of ether oxygens (including phenoxy) is 2. The van der Waals surface area contributed by atoms with Gasteiger partial charge in [-0.15, -0.1) is 0 Å². The highest BCUT2D eigenvalue weighted by molar-refractivity contribution is 7.89. The van der Waals surface area contributed by atoms with Crippen molar-refractivity contribution in [1.82, 2.24) is 4.72 Å². The second kappa shape index (κ2) is 7.39. The molecule has 0 fully saturated rings. The Morgan fingerprint density at radius 3 is 2.52 bits per heavy atom. The average molecular weight is 316 g/mol. The van der Waals surface area contributed by atoms with Crippen LogP contribution in [-0.2, 0) is 19.6 Å². The third-order valence-corrected chi connectivity index (χ3v) is 4.16. The van der Waals surface area contributed by atoms with E-state index in [0.717, 1.165) is 0 Å². The topological polar surface area (TPSA) is 93.7 Å². The molecular weight excluding hydrogens is 296 g/mol. The SMILES string of the molecule is COC[C@@H](C)NS(=O)(=O)c1cc(NC(C)=O)ccc1OC. The average Bonchev–Trinajstić information content (AvgIpc) is 2.37. The van der Waals surface area contributed by atoms with Crippen LogP contribution in [0.3, 0.4) is 0 Å². The van der Waals surface area contributed by atoms with E-state index in [1.54, 1.807) is 13.0 Å². The number of nitrogens with one attached hydrogen (secondary N) is 2. The molecule has 118 valence electrons. The molecule has 0 aliphatic carbocycles. The molecule has 1 rings (SSSR count). The van der Waals surface area contributed by atoms with Crippen LogP contribution < -0.4 is 14.8 Å². The van der Waals surface area contributed by atoms with Crippen molar-refractivity contribution in [3.63, 3.8) is 0 Å². The number of hydrogen-bond acceptors (Lipinski definition) is 5. The summed E-state index contributed by atoms with van der Waals surface area (Å²) in [7, 11) is -0.920. The highest BCUT2D eigenvalue weighted by atomic mass is 32.2. The van der Waals surface area contributed by atoms with Crippen LogP contribution in [-0.4, -0.2) is 41.2 Å². The van der Waals surface area contributed by atoms with Crippen molar-refractivity contribution >= 4 is 21.6 Å². The predicted octanol–water partition coefficient (Wildman–Crippen LogP) is 0.967. The van der Waals surface area contributed by atoms with Crippen molar-refractivity contribution in [2.75, 3.05) is 26.1 Å². The van der Waals surface area contributed by atoms with E-state index in [4.69, 9.17) is 9.47 Å². The van der Waals surface area contributed by atoms with Crippen LogP contribution in [0.25, 0.3) is 0 Å². The number of methoxy groups -OCH3 is 2. The second-order valence-corrected chi connectivity index (χ2v) is 6.21. The fourth-order valence-corrected chi connectivity index (χ4v) is 3.20. The van der Waals surface area contributed by atoms with Gasteiger partial charge in [0, 0.05) is 25.8 Å². The molecular formula is C13H20N2O5S. The van der Waals surface area contributed by atoms with Gasteiger partial charge >= 0.3 is 0 Å². The fourth-order valence-electron chi connectivity index (χ4n) is 1.78. The maximum absolute atomic E-state index is 12.4. The summed E-state index contributed by atoms with van der Waals surface area (Å²) >= 11 is 0. The maximum atomic E-state index is 12.4. The van der Waals surface area contributed by atoms with E-state index in [0.29, 0.717) is 5.69 Å². The molecule has 0 saturated carbocycles. The molecule has 0 radical (unpaired) electrons. The van der Waals surface area contributed by atoms with Gasteiger partial charge in [-0.05, 0) is 25.1 Å². The predicted molar refractivity (Wildman–Crippen MR) is 79.0 cm³/mol. The minimum absolute atomic E-state index is 0.0424. The standard InChI is InChI=1S/C13H20N2O5S/c1-9(8-19-3)15-21(17,18)13-7-11(14-10(2)16)5-6-12(13)20-4/h5-7,9,15H,8H2,1-4H3,(H,14,16)/t9-/m1/s1. The summed E-state index contributed by atoms with van der Waals surface area (Å²) in [6, 6.07) is 4.01. The molecule has 2 N–H and O–H groups in total. The van der Waals surface area contributed by atoms with Gasteiger partial charge in [0.15, 0.2) is 0 Å². The van der Waals surface area contributed by atoms with Crippen LogP contribution in [0.4, 0.5) is 5.69 Å². The molecule has 1 aromatic rings. The quantitative estimate of drug-likeness (QED) is 0.781. The van der Waals surface area contributed by atoms with Crippen molar-refractivity contribution < 1.29 is 22.7 Å². The second-order valence-electron chi connectivity index (χ2n) is 4.52. The number of benzene rings is 1. The van der Waals surface area contributed by atoms with Crippen LogP contribution in [0, 0.1) is 0 Å². The monoisotopic (exact) mass is 316 g/mol. The highest BCUT2D eigenvalue weighted by Crippen LogP contribution is 2.27. The fraction of sp³-hybridized carbons (Fsp3) is 0.462. The van der Waals surface area contributed by atoms with Gasteiger partial charge in [0.25, 0.3) is 0 Å². The van der Waals surface area contributed by atoms with Crippen LogP contribution >= 0.6 is 0 Å². The van der Waals surface area contributed by atoms with E-state index in [-0.39, 0.29) is 23.2 Å². The lowest BCUT2D eigenvalue weighted by atomic mass is 10.3. The highest BCUT2D eigenvalue weighted by Gasteiger charge is 2.22. The van der Waals surface area contributed by atoms with Crippen molar-refractivity contribution in [3.8, 4) is 5.75 Å². The molecule has 0 heterocycles. The Morgan fingerprint density at radius 2 is 2.00 bits per heavy atom. The van der Waals surface area contributed by atoms with E-state index in [2.05, 4.69) is 10.0 Å². The zero-order chi connectivity index (χ0) is 16.0. The number of carbonyl (C=O) groups excluding carboxylic acids is 1. The number of hydrogen-bond donors (Lipinski definition) is 2. The Morgan fingerprint density at radius 1 is 1.33 bits per heavy atom. The van der Waals surface area contributed by atoms with Gasteiger partial charge in [-0.1, -0.05) is 0 Å². The van der Waals surface area contributed by atoms with E-state index in [1.807, 2.05) is 0 Å². The normalized spacial score (nSPS) is 12.8. The Bertz CT molecular complexity index is 601. The molecule has 1 aromatic carbocycles. The van der Waals surface area contributed by atoms with Gasteiger partial charge in [-0.3, -0.25) is 4.79 Å². The Hall–Kier alpha value is -1.64. The molecule has 1 atom stereocenters. The van der Waals surface area contributed by atoms with Gasteiger partial charge in [-0.2, -0.15) is 0 Å². The largest absolute Gasteiger partial charge is 0.495 e.